The van der Waals surface area contributed by atoms with Crippen molar-refractivity contribution in [2.45, 2.75) is 32.9 Å². The van der Waals surface area contributed by atoms with E-state index in [-0.39, 0.29) is 5.92 Å². The zero-order valence-corrected chi connectivity index (χ0v) is 9.64. The van der Waals surface area contributed by atoms with Crippen LogP contribution in [0.25, 0.3) is 0 Å². The molecule has 0 aliphatic heterocycles. The maximum absolute atomic E-state index is 11.3. The molecule has 0 radical (unpaired) electrons. The highest BCUT2D eigenvalue weighted by Gasteiger charge is 2.40. The van der Waals surface area contributed by atoms with Crippen molar-refractivity contribution in [1.82, 2.24) is 0 Å². The molecule has 76 valence electrons. The lowest BCUT2D eigenvalue weighted by atomic mass is 9.78. The molecule has 0 spiro atoms. The zero-order valence-electron chi connectivity index (χ0n) is 8.83. The lowest BCUT2D eigenvalue weighted by Gasteiger charge is -2.31. The summed E-state index contributed by atoms with van der Waals surface area (Å²) in [5, 5.41) is 8.35. The Labute approximate surface area is 80.7 Å². The Morgan fingerprint density at radius 2 is 1.69 bits per heavy atom. The number of nitriles is 1. The zero-order chi connectivity index (χ0) is 10.9. The molecule has 0 aromatic heterocycles. The van der Waals surface area contributed by atoms with Crippen molar-refractivity contribution in [3.8, 4) is 6.07 Å². The molecule has 0 N–H and O–H groups in total. The Kier molecular flexibility index (Phi) is 3.51. The average molecular weight is 203 g/mol. The molecule has 0 saturated carbocycles. The summed E-state index contributed by atoms with van der Waals surface area (Å²) in [6.45, 7) is 7.03. The third-order valence-corrected chi connectivity index (χ3v) is 4.70. The van der Waals surface area contributed by atoms with Gasteiger partial charge in [0.25, 0.3) is 0 Å². The minimum Gasteiger partial charge on any atom is -0.229 e. The van der Waals surface area contributed by atoms with E-state index in [4.69, 9.17) is 5.26 Å². The van der Waals surface area contributed by atoms with E-state index < -0.39 is 20.5 Å². The van der Waals surface area contributed by atoms with Gasteiger partial charge in [-0.15, -0.1) is 0 Å². The number of rotatable bonds is 3. The first-order valence-corrected chi connectivity index (χ1v) is 6.21. The van der Waals surface area contributed by atoms with Crippen LogP contribution >= 0.6 is 0 Å². The predicted octanol–water partition coefficient (Wildman–Crippen LogP) is 1.61. The van der Waals surface area contributed by atoms with Crippen molar-refractivity contribution in [1.29, 1.82) is 5.26 Å². The molecule has 3 nitrogen and oxygen atoms in total. The summed E-state index contributed by atoms with van der Waals surface area (Å²) in [7, 11) is -3.14. The van der Waals surface area contributed by atoms with E-state index in [2.05, 4.69) is 6.07 Å². The Morgan fingerprint density at radius 1 is 1.31 bits per heavy atom. The second kappa shape index (κ2) is 3.67. The van der Waals surface area contributed by atoms with Crippen LogP contribution in [0.4, 0.5) is 0 Å². The van der Waals surface area contributed by atoms with Crippen LogP contribution in [0.2, 0.25) is 0 Å². The fraction of sp³-hybridized carbons (Fsp3) is 0.889. The molecule has 0 saturated heterocycles. The largest absolute Gasteiger partial charge is 0.229 e. The van der Waals surface area contributed by atoms with Crippen LogP contribution in [0.15, 0.2) is 0 Å². The van der Waals surface area contributed by atoms with Crippen LogP contribution < -0.4 is 0 Å². The van der Waals surface area contributed by atoms with Crippen molar-refractivity contribution < 1.29 is 8.42 Å². The van der Waals surface area contributed by atoms with Gasteiger partial charge in [-0.05, 0) is 19.8 Å². The maximum atomic E-state index is 11.3. The summed E-state index contributed by atoms with van der Waals surface area (Å²) < 4.78 is 22.6. The summed E-state index contributed by atoms with van der Waals surface area (Å²) in [6.07, 6.45) is 1.18. The molecule has 0 aromatic rings. The van der Waals surface area contributed by atoms with E-state index in [0.717, 1.165) is 0 Å². The molecule has 0 fully saturated rings. The van der Waals surface area contributed by atoms with E-state index in [9.17, 15) is 8.42 Å². The van der Waals surface area contributed by atoms with Crippen LogP contribution in [0, 0.1) is 22.7 Å². The van der Waals surface area contributed by atoms with Gasteiger partial charge in [0.15, 0.2) is 9.84 Å². The molecule has 13 heavy (non-hydrogen) atoms. The highest BCUT2D eigenvalue weighted by Crippen LogP contribution is 2.33. The molecule has 2 unspecified atom stereocenters. The number of sulfone groups is 1. The van der Waals surface area contributed by atoms with Gasteiger partial charge >= 0.3 is 0 Å². The SMILES string of the molecule is CC(C)C(C)(C#N)C(C)S(C)(=O)=O. The van der Waals surface area contributed by atoms with Crippen molar-refractivity contribution in [3.63, 3.8) is 0 Å². The fourth-order valence-corrected chi connectivity index (χ4v) is 2.35. The van der Waals surface area contributed by atoms with Crippen LogP contribution in [0.5, 0.6) is 0 Å². The van der Waals surface area contributed by atoms with Crippen molar-refractivity contribution in [2.75, 3.05) is 6.26 Å². The van der Waals surface area contributed by atoms with Gasteiger partial charge in [0, 0.05) is 6.26 Å². The lowest BCUT2D eigenvalue weighted by molar-refractivity contribution is 0.300. The standard InChI is InChI=1S/C9H17NO2S/c1-7(2)9(4,6-10)8(3)13(5,11)12/h7-8H,1-5H3. The highest BCUT2D eigenvalue weighted by molar-refractivity contribution is 7.91. The van der Waals surface area contributed by atoms with Gasteiger partial charge in [0.05, 0.1) is 16.7 Å². The second-order valence-electron chi connectivity index (χ2n) is 4.02. The molecule has 0 heterocycles. The van der Waals surface area contributed by atoms with Gasteiger partial charge in [-0.3, -0.25) is 0 Å². The van der Waals surface area contributed by atoms with E-state index in [1.807, 2.05) is 13.8 Å². The summed E-state index contributed by atoms with van der Waals surface area (Å²) in [4.78, 5) is 0. The smallest absolute Gasteiger partial charge is 0.151 e. The lowest BCUT2D eigenvalue weighted by Crippen LogP contribution is -2.38. The molecule has 0 aliphatic rings. The number of nitrogens with zero attached hydrogens (tertiary/aromatic N) is 1. The topological polar surface area (TPSA) is 57.9 Å². The third kappa shape index (κ3) is 2.44. The third-order valence-electron chi connectivity index (χ3n) is 2.93. The highest BCUT2D eigenvalue weighted by atomic mass is 32.2. The predicted molar refractivity (Wildman–Crippen MR) is 52.9 cm³/mol. The van der Waals surface area contributed by atoms with E-state index >= 15 is 0 Å². The Bertz CT molecular complexity index is 313. The van der Waals surface area contributed by atoms with Gasteiger partial charge in [-0.25, -0.2) is 8.42 Å². The molecular formula is C9H17NO2S. The van der Waals surface area contributed by atoms with Gasteiger partial charge in [-0.1, -0.05) is 13.8 Å². The number of hydrogen-bond donors (Lipinski definition) is 0. The van der Waals surface area contributed by atoms with Crippen molar-refractivity contribution in [3.05, 3.63) is 0 Å². The maximum Gasteiger partial charge on any atom is 0.151 e. The molecular weight excluding hydrogens is 186 g/mol. The molecule has 0 aliphatic carbocycles. The van der Waals surface area contributed by atoms with Gasteiger partial charge in [-0.2, -0.15) is 5.26 Å². The van der Waals surface area contributed by atoms with Crippen LogP contribution in [-0.4, -0.2) is 19.9 Å². The minimum atomic E-state index is -3.14. The molecule has 2 atom stereocenters. The van der Waals surface area contributed by atoms with E-state index in [1.54, 1.807) is 13.8 Å². The Balaban J connectivity index is 5.16. The van der Waals surface area contributed by atoms with Crippen molar-refractivity contribution >= 4 is 9.84 Å². The molecule has 0 rings (SSSR count). The normalized spacial score (nSPS) is 19.2. The van der Waals surface area contributed by atoms with Gasteiger partial charge < -0.3 is 0 Å². The van der Waals surface area contributed by atoms with Crippen LogP contribution in [0.3, 0.4) is 0 Å². The Morgan fingerprint density at radius 3 is 1.77 bits per heavy atom. The molecule has 0 aromatic carbocycles. The van der Waals surface area contributed by atoms with Crippen LogP contribution in [0.1, 0.15) is 27.7 Å². The van der Waals surface area contributed by atoms with Crippen LogP contribution in [-0.2, 0) is 9.84 Å². The van der Waals surface area contributed by atoms with Gasteiger partial charge in [0.1, 0.15) is 0 Å². The molecule has 4 heteroatoms. The van der Waals surface area contributed by atoms with E-state index in [1.165, 1.54) is 6.26 Å². The molecule has 0 amide bonds. The van der Waals surface area contributed by atoms with Gasteiger partial charge in [0.2, 0.25) is 0 Å². The number of hydrogen-bond acceptors (Lipinski definition) is 3. The monoisotopic (exact) mass is 203 g/mol. The quantitative estimate of drug-likeness (QED) is 0.700. The summed E-state index contributed by atoms with van der Waals surface area (Å²) >= 11 is 0. The second-order valence-corrected chi connectivity index (χ2v) is 6.39. The Hall–Kier alpha value is -0.560. The summed E-state index contributed by atoms with van der Waals surface area (Å²) in [6, 6.07) is 2.11. The van der Waals surface area contributed by atoms with Crippen molar-refractivity contribution in [2.24, 2.45) is 11.3 Å². The van der Waals surface area contributed by atoms with E-state index in [0.29, 0.717) is 0 Å². The fourth-order valence-electron chi connectivity index (χ4n) is 1.13. The molecule has 0 bridgehead atoms. The summed E-state index contributed by atoms with van der Waals surface area (Å²) in [5.74, 6) is 0.0298. The first-order chi connectivity index (χ1) is 5.66. The minimum absolute atomic E-state index is 0.0298. The first-order valence-electron chi connectivity index (χ1n) is 4.26. The first kappa shape index (κ1) is 12.4. The summed E-state index contributed by atoms with van der Waals surface area (Å²) in [5.41, 5.74) is -0.798. The average Bonchev–Trinajstić information content (AvgIpc) is 1.99.